The summed E-state index contributed by atoms with van der Waals surface area (Å²) in [7, 11) is 1.41. The number of hydrogen-bond donors (Lipinski definition) is 1. The van der Waals surface area contributed by atoms with Crippen molar-refractivity contribution in [3.8, 4) is 17.0 Å². The van der Waals surface area contributed by atoms with Gasteiger partial charge in [0.15, 0.2) is 0 Å². The van der Waals surface area contributed by atoms with Gasteiger partial charge in [-0.2, -0.15) is 5.10 Å². The Labute approximate surface area is 185 Å². The number of amides is 1. The molecule has 0 fully saturated rings. The van der Waals surface area contributed by atoms with E-state index in [9.17, 15) is 19.7 Å². The van der Waals surface area contributed by atoms with E-state index in [0.717, 1.165) is 10.0 Å². The summed E-state index contributed by atoms with van der Waals surface area (Å²) in [6, 6.07) is 14.6. The van der Waals surface area contributed by atoms with Crippen LogP contribution in [0.1, 0.15) is 12.8 Å². The van der Waals surface area contributed by atoms with Crippen LogP contribution in [0.15, 0.2) is 63.9 Å². The van der Waals surface area contributed by atoms with Crippen molar-refractivity contribution in [1.82, 2.24) is 9.78 Å². The molecule has 10 heteroatoms. The SMILES string of the molecule is COc1ccc([N+](=O)[O-])cc1NC(=O)CCCn1nc(-c2ccc(Br)cc2)ccc1=O. The van der Waals surface area contributed by atoms with Gasteiger partial charge in [-0.1, -0.05) is 28.1 Å². The molecule has 0 aliphatic carbocycles. The summed E-state index contributed by atoms with van der Waals surface area (Å²) in [6.07, 6.45) is 0.461. The Hall–Kier alpha value is -3.53. The summed E-state index contributed by atoms with van der Waals surface area (Å²) in [5.41, 5.74) is 1.32. The van der Waals surface area contributed by atoms with Crippen LogP contribution < -0.4 is 15.6 Å². The van der Waals surface area contributed by atoms with Crippen LogP contribution in [-0.2, 0) is 11.3 Å². The van der Waals surface area contributed by atoms with E-state index in [1.54, 1.807) is 6.07 Å². The third kappa shape index (κ3) is 5.76. The summed E-state index contributed by atoms with van der Waals surface area (Å²) in [6.45, 7) is 0.253. The highest BCUT2D eigenvalue weighted by atomic mass is 79.9. The fourth-order valence-corrected chi connectivity index (χ4v) is 3.16. The summed E-state index contributed by atoms with van der Waals surface area (Å²) in [5.74, 6) is -0.0325. The van der Waals surface area contributed by atoms with E-state index in [0.29, 0.717) is 17.9 Å². The molecule has 3 rings (SSSR count). The van der Waals surface area contributed by atoms with Crippen LogP contribution in [0.3, 0.4) is 0 Å². The maximum Gasteiger partial charge on any atom is 0.271 e. The molecule has 0 saturated carbocycles. The van der Waals surface area contributed by atoms with Crippen molar-refractivity contribution in [2.45, 2.75) is 19.4 Å². The largest absolute Gasteiger partial charge is 0.495 e. The molecule has 31 heavy (non-hydrogen) atoms. The first-order chi connectivity index (χ1) is 14.9. The van der Waals surface area contributed by atoms with Crippen molar-refractivity contribution in [3.63, 3.8) is 0 Å². The second kappa shape index (κ2) is 9.98. The molecule has 0 atom stereocenters. The number of carbonyl (C=O) groups is 1. The summed E-state index contributed by atoms with van der Waals surface area (Å²) < 4.78 is 7.40. The van der Waals surface area contributed by atoms with Gasteiger partial charge < -0.3 is 10.1 Å². The Morgan fingerprint density at radius 2 is 1.94 bits per heavy atom. The van der Waals surface area contributed by atoms with E-state index >= 15 is 0 Å². The van der Waals surface area contributed by atoms with Crippen LogP contribution in [-0.4, -0.2) is 27.7 Å². The number of nitro benzene ring substituents is 1. The van der Waals surface area contributed by atoms with Crippen LogP contribution >= 0.6 is 15.9 Å². The molecule has 1 heterocycles. The lowest BCUT2D eigenvalue weighted by Crippen LogP contribution is -2.23. The number of nitrogens with zero attached hydrogens (tertiary/aromatic N) is 3. The number of benzene rings is 2. The Bertz CT molecular complexity index is 1160. The van der Waals surface area contributed by atoms with Gasteiger partial charge in [0.05, 0.1) is 23.4 Å². The second-order valence-electron chi connectivity index (χ2n) is 6.58. The highest BCUT2D eigenvalue weighted by Gasteiger charge is 2.14. The minimum absolute atomic E-state index is 0.0997. The van der Waals surface area contributed by atoms with Gasteiger partial charge in [0.2, 0.25) is 5.91 Å². The van der Waals surface area contributed by atoms with Gasteiger partial charge in [0.1, 0.15) is 5.75 Å². The molecular formula is C21H19BrN4O5. The molecule has 3 aromatic rings. The third-order valence-electron chi connectivity index (χ3n) is 4.45. The van der Waals surface area contributed by atoms with Gasteiger partial charge in [-0.3, -0.25) is 19.7 Å². The molecule has 160 valence electrons. The molecular weight excluding hydrogens is 468 g/mol. The molecule has 9 nitrogen and oxygen atoms in total. The third-order valence-corrected chi connectivity index (χ3v) is 4.98. The number of aromatic nitrogens is 2. The van der Waals surface area contributed by atoms with Gasteiger partial charge in [0.25, 0.3) is 11.2 Å². The summed E-state index contributed by atoms with van der Waals surface area (Å²) >= 11 is 3.38. The van der Waals surface area contributed by atoms with Crippen molar-refractivity contribution >= 4 is 33.2 Å². The van der Waals surface area contributed by atoms with E-state index in [-0.39, 0.29) is 35.8 Å². The zero-order chi connectivity index (χ0) is 22.4. The number of anilines is 1. The van der Waals surface area contributed by atoms with E-state index < -0.39 is 4.92 Å². The van der Waals surface area contributed by atoms with Gasteiger partial charge in [-0.15, -0.1) is 0 Å². The predicted molar refractivity (Wildman–Crippen MR) is 119 cm³/mol. The first kappa shape index (κ1) is 22.2. The highest BCUT2D eigenvalue weighted by molar-refractivity contribution is 9.10. The van der Waals surface area contributed by atoms with Gasteiger partial charge >= 0.3 is 0 Å². The average Bonchev–Trinajstić information content (AvgIpc) is 2.75. The zero-order valence-corrected chi connectivity index (χ0v) is 18.2. The quantitative estimate of drug-likeness (QED) is 0.379. The number of nitrogens with one attached hydrogen (secondary N) is 1. The lowest BCUT2D eigenvalue weighted by atomic mass is 10.1. The predicted octanol–water partition coefficient (Wildman–Crippen LogP) is 4.01. The lowest BCUT2D eigenvalue weighted by molar-refractivity contribution is -0.384. The Morgan fingerprint density at radius 1 is 1.19 bits per heavy atom. The number of methoxy groups -OCH3 is 1. The highest BCUT2D eigenvalue weighted by Crippen LogP contribution is 2.29. The first-order valence-corrected chi connectivity index (χ1v) is 10.1. The van der Waals surface area contributed by atoms with E-state index in [1.807, 2.05) is 24.3 Å². The summed E-state index contributed by atoms with van der Waals surface area (Å²) in [5, 5.41) is 17.9. The molecule has 0 aliphatic heterocycles. The zero-order valence-electron chi connectivity index (χ0n) is 16.6. The number of ether oxygens (including phenoxy) is 1. The topological polar surface area (TPSA) is 116 Å². The number of aryl methyl sites for hydroxylation is 1. The minimum Gasteiger partial charge on any atom is -0.495 e. The molecule has 0 spiro atoms. The number of non-ortho nitro benzene ring substituents is 1. The fraction of sp³-hybridized carbons (Fsp3) is 0.190. The summed E-state index contributed by atoms with van der Waals surface area (Å²) in [4.78, 5) is 34.8. The number of halogens is 1. The molecule has 2 aromatic carbocycles. The number of rotatable bonds is 8. The standard InChI is InChI=1S/C21H19BrN4O5/c1-31-19-10-8-16(26(29)30)13-18(19)23-20(27)3-2-12-25-21(28)11-9-17(24-25)14-4-6-15(22)7-5-14/h4-11,13H,2-3,12H2,1H3,(H,23,27). The second-order valence-corrected chi connectivity index (χ2v) is 7.50. The lowest BCUT2D eigenvalue weighted by Gasteiger charge is -2.10. The van der Waals surface area contributed by atoms with Gasteiger partial charge in [-0.05, 0) is 30.7 Å². The number of carbonyl (C=O) groups excluding carboxylic acids is 1. The maximum atomic E-state index is 12.3. The number of nitro groups is 1. The van der Waals surface area contributed by atoms with Crippen molar-refractivity contribution in [3.05, 3.63) is 79.5 Å². The van der Waals surface area contributed by atoms with Crippen molar-refractivity contribution in [1.29, 1.82) is 0 Å². The normalized spacial score (nSPS) is 10.5. The van der Waals surface area contributed by atoms with Crippen molar-refractivity contribution in [2.75, 3.05) is 12.4 Å². The molecule has 0 radical (unpaired) electrons. The van der Waals surface area contributed by atoms with E-state index in [1.165, 1.54) is 36.1 Å². The average molecular weight is 487 g/mol. The van der Waals surface area contributed by atoms with Crippen LogP contribution in [0, 0.1) is 10.1 Å². The van der Waals surface area contributed by atoms with Crippen molar-refractivity contribution < 1.29 is 14.5 Å². The maximum absolute atomic E-state index is 12.3. The van der Waals surface area contributed by atoms with Crippen LogP contribution in [0.2, 0.25) is 0 Å². The number of hydrogen-bond acceptors (Lipinski definition) is 6. The minimum atomic E-state index is -0.550. The molecule has 1 amide bonds. The molecule has 1 aromatic heterocycles. The molecule has 0 bridgehead atoms. The van der Waals surface area contributed by atoms with Gasteiger partial charge in [-0.25, -0.2) is 4.68 Å². The van der Waals surface area contributed by atoms with Crippen molar-refractivity contribution in [2.24, 2.45) is 0 Å². The molecule has 1 N–H and O–H groups in total. The molecule has 0 aliphatic rings. The van der Waals surface area contributed by atoms with Gasteiger partial charge in [0, 0.05) is 41.2 Å². The van der Waals surface area contributed by atoms with E-state index in [4.69, 9.17) is 4.74 Å². The molecule has 0 unspecified atom stereocenters. The van der Waals surface area contributed by atoms with E-state index in [2.05, 4.69) is 26.3 Å². The Morgan fingerprint density at radius 3 is 2.61 bits per heavy atom. The van der Waals surface area contributed by atoms with Crippen LogP contribution in [0.25, 0.3) is 11.3 Å². The first-order valence-electron chi connectivity index (χ1n) is 9.34. The Balaban J connectivity index is 1.64. The fourth-order valence-electron chi connectivity index (χ4n) is 2.89. The van der Waals surface area contributed by atoms with Crippen LogP contribution in [0.5, 0.6) is 5.75 Å². The Kier molecular flexibility index (Phi) is 7.14. The smallest absolute Gasteiger partial charge is 0.271 e. The van der Waals surface area contributed by atoms with Crippen LogP contribution in [0.4, 0.5) is 11.4 Å². The molecule has 0 saturated heterocycles. The monoisotopic (exact) mass is 486 g/mol.